The highest BCUT2D eigenvalue weighted by atomic mass is 16.1. The first-order valence-electron chi connectivity index (χ1n) is 13.0. The molecule has 1 heteroatoms. The highest BCUT2D eigenvalue weighted by Crippen LogP contribution is 2.45. The van der Waals surface area contributed by atoms with Gasteiger partial charge in [0.2, 0.25) is 0 Å². The van der Waals surface area contributed by atoms with Crippen LogP contribution in [0.15, 0.2) is 78.9 Å². The molecular formula is C34H36O. The zero-order chi connectivity index (χ0) is 24.9. The molecule has 0 bridgehead atoms. The molecular weight excluding hydrogens is 424 g/mol. The summed E-state index contributed by atoms with van der Waals surface area (Å²) in [5, 5.41) is 9.90. The molecule has 178 valence electrons. The molecule has 0 unspecified atom stereocenters. The first-order chi connectivity index (χ1) is 16.7. The number of hydrogen-bond acceptors (Lipinski definition) is 1. The summed E-state index contributed by atoms with van der Waals surface area (Å²) in [5.74, 6) is 1.26. The zero-order valence-electron chi connectivity index (χ0n) is 21.9. The van der Waals surface area contributed by atoms with Gasteiger partial charge in [0.15, 0.2) is 0 Å². The van der Waals surface area contributed by atoms with E-state index in [0.29, 0.717) is 30.0 Å². The van der Waals surface area contributed by atoms with E-state index in [1.54, 1.807) is 0 Å². The molecule has 0 radical (unpaired) electrons. The Bertz CT molecular complexity index is 1550. The molecule has 0 N–H and O–H groups in total. The van der Waals surface area contributed by atoms with E-state index in [0.717, 1.165) is 5.56 Å². The first-order valence-corrected chi connectivity index (χ1v) is 13.0. The van der Waals surface area contributed by atoms with Crippen molar-refractivity contribution in [2.45, 2.75) is 48.0 Å². The molecule has 0 heterocycles. The second-order valence-electron chi connectivity index (χ2n) is 11.2. The van der Waals surface area contributed by atoms with Crippen LogP contribution >= 0.6 is 0 Å². The molecule has 0 fully saturated rings. The molecule has 0 atom stereocenters. The van der Waals surface area contributed by atoms with Gasteiger partial charge in [0.25, 0.3) is 0 Å². The average molecular weight is 461 g/mol. The Balaban J connectivity index is 1.65. The summed E-state index contributed by atoms with van der Waals surface area (Å²) >= 11 is 0. The summed E-state index contributed by atoms with van der Waals surface area (Å²) < 4.78 is 0. The lowest BCUT2D eigenvalue weighted by Crippen LogP contribution is -2.46. The van der Waals surface area contributed by atoms with Gasteiger partial charge >= 0.3 is 0 Å². The van der Waals surface area contributed by atoms with Crippen molar-refractivity contribution in [2.24, 2.45) is 23.2 Å². The SMILES string of the molecule is CC(C)C(C(=O)Cc1cccc2cc3cc4cc5ccccc5cc4cc3cc12)(C(C)C)C(C)C. The quantitative estimate of drug-likeness (QED) is 0.231. The van der Waals surface area contributed by atoms with E-state index in [2.05, 4.69) is 120 Å². The Hall–Kier alpha value is -3.19. The minimum absolute atomic E-state index is 0.298. The van der Waals surface area contributed by atoms with Crippen LogP contribution in [-0.4, -0.2) is 5.78 Å². The van der Waals surface area contributed by atoms with Crippen molar-refractivity contribution in [3.63, 3.8) is 0 Å². The maximum absolute atomic E-state index is 14.0. The average Bonchev–Trinajstić information content (AvgIpc) is 2.80. The van der Waals surface area contributed by atoms with Crippen LogP contribution in [0.5, 0.6) is 0 Å². The number of fused-ring (bicyclic) bond motifs is 4. The molecule has 5 aromatic rings. The van der Waals surface area contributed by atoms with Gasteiger partial charge < -0.3 is 0 Å². The van der Waals surface area contributed by atoms with Crippen molar-refractivity contribution in [1.29, 1.82) is 0 Å². The number of carbonyl (C=O) groups excluding carboxylic acids is 1. The van der Waals surface area contributed by atoms with Crippen LogP contribution in [0.25, 0.3) is 43.1 Å². The molecule has 0 aliphatic carbocycles. The lowest BCUT2D eigenvalue weighted by molar-refractivity contribution is -0.137. The number of carbonyl (C=O) groups is 1. The molecule has 0 amide bonds. The van der Waals surface area contributed by atoms with E-state index in [1.807, 2.05) is 0 Å². The Morgan fingerprint density at radius 3 is 1.51 bits per heavy atom. The van der Waals surface area contributed by atoms with Crippen LogP contribution in [0, 0.1) is 23.2 Å². The van der Waals surface area contributed by atoms with Gasteiger partial charge in [-0.25, -0.2) is 0 Å². The lowest BCUT2D eigenvalue weighted by Gasteiger charge is -2.44. The third kappa shape index (κ3) is 3.82. The van der Waals surface area contributed by atoms with E-state index >= 15 is 0 Å². The van der Waals surface area contributed by atoms with Gasteiger partial charge in [0.1, 0.15) is 5.78 Å². The smallest absolute Gasteiger partial charge is 0.144 e. The normalized spacial score (nSPS) is 12.7. The standard InChI is InChI=1S/C34H36O/c1-21(2)34(22(3)4,23(5)6)33(35)20-27-13-9-12-26-16-30-17-28-14-24-10-7-8-11-25(24)15-29(28)18-31(30)19-32(26)27/h7-19,21-23H,20H2,1-6H3. The second-order valence-corrected chi connectivity index (χ2v) is 11.2. The zero-order valence-corrected chi connectivity index (χ0v) is 21.9. The van der Waals surface area contributed by atoms with E-state index in [1.165, 1.54) is 43.1 Å². The monoisotopic (exact) mass is 460 g/mol. The topological polar surface area (TPSA) is 17.1 Å². The Morgan fingerprint density at radius 1 is 0.571 bits per heavy atom. The van der Waals surface area contributed by atoms with E-state index in [9.17, 15) is 4.79 Å². The second kappa shape index (κ2) is 8.79. The van der Waals surface area contributed by atoms with Crippen LogP contribution in [0.4, 0.5) is 0 Å². The van der Waals surface area contributed by atoms with Crippen molar-refractivity contribution >= 4 is 48.9 Å². The van der Waals surface area contributed by atoms with Crippen LogP contribution in [0.3, 0.4) is 0 Å². The summed E-state index contributed by atoms with van der Waals surface area (Å²) in [6, 6.07) is 28.7. The molecule has 0 aliphatic rings. The summed E-state index contributed by atoms with van der Waals surface area (Å²) in [7, 11) is 0. The summed E-state index contributed by atoms with van der Waals surface area (Å²) in [6.07, 6.45) is 0.482. The highest BCUT2D eigenvalue weighted by Gasteiger charge is 2.46. The number of rotatable bonds is 6. The fraction of sp³-hybridized carbons (Fsp3) is 0.324. The van der Waals surface area contributed by atoms with E-state index < -0.39 is 0 Å². The Kier molecular flexibility index (Phi) is 5.91. The molecule has 0 saturated carbocycles. The van der Waals surface area contributed by atoms with Crippen molar-refractivity contribution in [2.75, 3.05) is 0 Å². The van der Waals surface area contributed by atoms with Gasteiger partial charge in [0.05, 0.1) is 0 Å². The van der Waals surface area contributed by atoms with Crippen LogP contribution in [-0.2, 0) is 11.2 Å². The fourth-order valence-electron chi connectivity index (χ4n) is 6.98. The Labute approximate surface area is 209 Å². The van der Waals surface area contributed by atoms with Crippen molar-refractivity contribution in [3.8, 4) is 0 Å². The van der Waals surface area contributed by atoms with Gasteiger partial charge in [0, 0.05) is 11.8 Å². The molecule has 0 saturated heterocycles. The summed E-state index contributed by atoms with van der Waals surface area (Å²) in [5.41, 5.74) is 0.815. The number of hydrogen-bond donors (Lipinski definition) is 0. The third-order valence-electron chi connectivity index (χ3n) is 8.45. The largest absolute Gasteiger partial charge is 0.299 e. The molecule has 5 aromatic carbocycles. The van der Waals surface area contributed by atoms with Crippen molar-refractivity contribution in [1.82, 2.24) is 0 Å². The minimum Gasteiger partial charge on any atom is -0.299 e. The van der Waals surface area contributed by atoms with Gasteiger partial charge in [-0.15, -0.1) is 0 Å². The third-order valence-corrected chi connectivity index (χ3v) is 8.45. The maximum Gasteiger partial charge on any atom is 0.144 e. The van der Waals surface area contributed by atoms with Crippen LogP contribution in [0.1, 0.15) is 47.1 Å². The summed E-state index contributed by atoms with van der Waals surface area (Å²) in [4.78, 5) is 14.0. The molecule has 5 rings (SSSR count). The van der Waals surface area contributed by atoms with E-state index in [4.69, 9.17) is 0 Å². The van der Waals surface area contributed by atoms with Gasteiger partial charge in [-0.3, -0.25) is 4.79 Å². The van der Waals surface area contributed by atoms with Gasteiger partial charge in [-0.1, -0.05) is 84.0 Å². The van der Waals surface area contributed by atoms with Gasteiger partial charge in [-0.2, -0.15) is 0 Å². The molecule has 0 aromatic heterocycles. The minimum atomic E-state index is -0.323. The molecule has 0 spiro atoms. The highest BCUT2D eigenvalue weighted by molar-refractivity contribution is 6.09. The van der Waals surface area contributed by atoms with Crippen LogP contribution in [0.2, 0.25) is 0 Å². The van der Waals surface area contributed by atoms with Crippen molar-refractivity contribution < 1.29 is 4.79 Å². The lowest BCUT2D eigenvalue weighted by atomic mass is 9.59. The van der Waals surface area contributed by atoms with Crippen LogP contribution < -0.4 is 0 Å². The molecule has 0 aliphatic heterocycles. The fourth-order valence-corrected chi connectivity index (χ4v) is 6.98. The van der Waals surface area contributed by atoms with Gasteiger partial charge in [-0.05, 0) is 103 Å². The first kappa shape index (κ1) is 23.5. The molecule has 1 nitrogen and oxygen atoms in total. The van der Waals surface area contributed by atoms with Crippen molar-refractivity contribution in [3.05, 3.63) is 84.4 Å². The predicted octanol–water partition coefficient (Wildman–Crippen LogP) is 9.37. The number of ketones is 1. The number of Topliss-reactive ketones (excluding diaryl/α,β-unsaturated/α-hetero) is 1. The van der Waals surface area contributed by atoms with E-state index in [-0.39, 0.29) is 5.41 Å². The Morgan fingerprint density at radius 2 is 1.00 bits per heavy atom. The predicted molar refractivity (Wildman–Crippen MR) is 152 cm³/mol. The maximum atomic E-state index is 14.0. The molecule has 35 heavy (non-hydrogen) atoms. The summed E-state index contributed by atoms with van der Waals surface area (Å²) in [6.45, 7) is 13.3. The number of benzene rings is 5.